The van der Waals surface area contributed by atoms with Crippen LogP contribution in [0.1, 0.15) is 6.92 Å². The van der Waals surface area contributed by atoms with Gasteiger partial charge in [-0.25, -0.2) is 0 Å². The van der Waals surface area contributed by atoms with Crippen LogP contribution in [0.25, 0.3) is 0 Å². The fourth-order valence-corrected chi connectivity index (χ4v) is 9.36. The third-order valence-electron chi connectivity index (χ3n) is 2.24. The molecule has 0 atom stereocenters. The van der Waals surface area contributed by atoms with E-state index in [9.17, 15) is 0 Å². The average Bonchev–Trinajstić information content (AvgIpc) is 2.38. The maximum atomic E-state index is 2.27. The van der Waals surface area contributed by atoms with Crippen LogP contribution in [0.3, 0.4) is 0 Å². The summed E-state index contributed by atoms with van der Waals surface area (Å²) in [6, 6.07) is 21.9. The second kappa shape index (κ2) is 6.17. The number of hydrogen-bond acceptors (Lipinski definition) is 1. The van der Waals surface area contributed by atoms with Crippen molar-refractivity contribution in [2.45, 2.75) is 6.92 Å². The molecule has 0 aliphatic carbocycles. The Kier molecular flexibility index (Phi) is 4.56. The van der Waals surface area contributed by atoms with Crippen LogP contribution in [0.15, 0.2) is 60.7 Å². The Balaban J connectivity index is 2.31. The van der Waals surface area contributed by atoms with Gasteiger partial charge in [-0.3, -0.25) is 0 Å². The molecule has 0 saturated carbocycles. The summed E-state index contributed by atoms with van der Waals surface area (Å²) in [7, 11) is 2.13. The first-order valence-corrected chi connectivity index (χ1v) is 10.6. The Labute approximate surface area is 105 Å². The van der Waals surface area contributed by atoms with E-state index in [1.54, 1.807) is 0 Å². The van der Waals surface area contributed by atoms with Crippen LogP contribution in [0, 0.1) is 0 Å². The van der Waals surface area contributed by atoms with E-state index in [-0.39, 0.29) is 0 Å². The molecule has 0 aliphatic rings. The van der Waals surface area contributed by atoms with Gasteiger partial charge in [-0.1, -0.05) is 0 Å². The topological polar surface area (TPSA) is 0 Å². The molecule has 0 saturated heterocycles. The minimum atomic E-state index is -1.11. The second-order valence-corrected chi connectivity index (χ2v) is 11.1. The molecule has 2 aromatic carbocycles. The van der Waals surface area contributed by atoms with Crippen molar-refractivity contribution in [1.29, 1.82) is 0 Å². The van der Waals surface area contributed by atoms with Crippen LogP contribution in [-0.2, 0) is 0 Å². The predicted molar refractivity (Wildman–Crippen MR) is 76.0 cm³/mol. The molecular formula is C14H15AsS. The monoisotopic (exact) mass is 290 g/mol. The summed E-state index contributed by atoms with van der Waals surface area (Å²) in [6.07, 6.45) is 0. The van der Waals surface area contributed by atoms with Gasteiger partial charge in [-0.2, -0.15) is 0 Å². The zero-order valence-electron chi connectivity index (χ0n) is 9.34. The van der Waals surface area contributed by atoms with E-state index in [1.807, 2.05) is 0 Å². The van der Waals surface area contributed by atoms with Gasteiger partial charge in [0, 0.05) is 0 Å². The van der Waals surface area contributed by atoms with Gasteiger partial charge in [0.05, 0.1) is 0 Å². The zero-order valence-corrected chi connectivity index (χ0v) is 12.0. The van der Waals surface area contributed by atoms with Crippen LogP contribution < -0.4 is 8.70 Å². The van der Waals surface area contributed by atoms with Crippen molar-refractivity contribution in [2.75, 3.05) is 5.75 Å². The van der Waals surface area contributed by atoms with Gasteiger partial charge in [0.25, 0.3) is 0 Å². The van der Waals surface area contributed by atoms with Crippen LogP contribution in [0.2, 0.25) is 0 Å². The molecule has 2 aromatic rings. The van der Waals surface area contributed by atoms with Gasteiger partial charge in [0.15, 0.2) is 0 Å². The van der Waals surface area contributed by atoms with Crippen molar-refractivity contribution in [1.82, 2.24) is 0 Å². The van der Waals surface area contributed by atoms with Gasteiger partial charge < -0.3 is 0 Å². The first-order valence-electron chi connectivity index (χ1n) is 5.45. The molecule has 0 aromatic heterocycles. The number of hydrogen-bond donors (Lipinski definition) is 0. The Morgan fingerprint density at radius 1 is 0.812 bits per heavy atom. The molecule has 82 valence electrons. The van der Waals surface area contributed by atoms with Crippen molar-refractivity contribution in [3.05, 3.63) is 60.7 Å². The van der Waals surface area contributed by atoms with E-state index in [4.69, 9.17) is 0 Å². The second-order valence-electron chi connectivity index (χ2n) is 3.38. The first kappa shape index (κ1) is 11.8. The van der Waals surface area contributed by atoms with E-state index in [2.05, 4.69) is 77.6 Å². The Morgan fingerprint density at radius 2 is 1.25 bits per heavy atom. The molecule has 2 rings (SSSR count). The van der Waals surface area contributed by atoms with Gasteiger partial charge >= 0.3 is 106 Å². The molecule has 0 amide bonds. The number of rotatable bonds is 4. The van der Waals surface area contributed by atoms with E-state index >= 15 is 0 Å². The van der Waals surface area contributed by atoms with Gasteiger partial charge in [-0.15, -0.1) is 0 Å². The molecule has 0 nitrogen and oxygen atoms in total. The Hall–Kier alpha value is -0.652. The SMILES string of the molecule is CCS[As](c1ccccc1)c1ccccc1. The minimum absolute atomic E-state index is 1.11. The summed E-state index contributed by atoms with van der Waals surface area (Å²) in [5.74, 6) is 1.20. The first-order chi connectivity index (χ1) is 7.92. The van der Waals surface area contributed by atoms with Crippen molar-refractivity contribution in [3.8, 4) is 0 Å². The van der Waals surface area contributed by atoms with Gasteiger partial charge in [0.1, 0.15) is 0 Å². The Bertz CT molecular complexity index is 374. The third kappa shape index (κ3) is 2.93. The number of benzene rings is 2. The van der Waals surface area contributed by atoms with Gasteiger partial charge in [-0.05, 0) is 0 Å². The van der Waals surface area contributed by atoms with Crippen molar-refractivity contribution < 1.29 is 0 Å². The summed E-state index contributed by atoms with van der Waals surface area (Å²) in [5, 5.41) is 0. The maximum absolute atomic E-state index is 2.27. The van der Waals surface area contributed by atoms with Crippen LogP contribution in [-0.4, -0.2) is 19.2 Å². The predicted octanol–water partition coefficient (Wildman–Crippen LogP) is 2.55. The molecule has 0 heterocycles. The molecule has 0 spiro atoms. The van der Waals surface area contributed by atoms with E-state index in [0.29, 0.717) is 0 Å². The normalized spacial score (nSPS) is 10.6. The summed E-state index contributed by atoms with van der Waals surface area (Å²) >= 11 is -1.11. The average molecular weight is 290 g/mol. The van der Waals surface area contributed by atoms with E-state index in [1.165, 1.54) is 14.5 Å². The molecule has 0 fully saturated rings. The molecule has 2 heteroatoms. The fraction of sp³-hybridized carbons (Fsp3) is 0.143. The summed E-state index contributed by atoms with van der Waals surface area (Å²) in [4.78, 5) is 0. The van der Waals surface area contributed by atoms with Crippen LogP contribution in [0.5, 0.6) is 0 Å². The van der Waals surface area contributed by atoms with E-state index in [0.717, 1.165) is 0 Å². The molecule has 0 aliphatic heterocycles. The Morgan fingerprint density at radius 3 is 1.62 bits per heavy atom. The molecule has 0 bridgehead atoms. The third-order valence-corrected chi connectivity index (χ3v) is 11.4. The molecular weight excluding hydrogens is 275 g/mol. The summed E-state index contributed by atoms with van der Waals surface area (Å²) in [6.45, 7) is 2.25. The fourth-order valence-electron chi connectivity index (χ4n) is 1.55. The van der Waals surface area contributed by atoms with Crippen LogP contribution >= 0.6 is 10.0 Å². The van der Waals surface area contributed by atoms with Crippen molar-refractivity contribution in [2.24, 2.45) is 0 Å². The quantitative estimate of drug-likeness (QED) is 0.780. The standard InChI is InChI=1S/C14H15AsS/c1-2-16-15(13-9-5-3-6-10-13)14-11-7-4-8-12-14/h3-12H,2H2,1H3. The van der Waals surface area contributed by atoms with Gasteiger partial charge in [0.2, 0.25) is 0 Å². The van der Waals surface area contributed by atoms with E-state index < -0.39 is 13.5 Å². The summed E-state index contributed by atoms with van der Waals surface area (Å²) in [5.41, 5.74) is 0. The van der Waals surface area contributed by atoms with Crippen LogP contribution in [0.4, 0.5) is 0 Å². The van der Waals surface area contributed by atoms with Crippen molar-refractivity contribution >= 4 is 32.2 Å². The molecule has 16 heavy (non-hydrogen) atoms. The molecule has 0 unspecified atom stereocenters. The summed E-state index contributed by atoms with van der Waals surface area (Å²) < 4.78 is 3.07. The van der Waals surface area contributed by atoms with Crippen molar-refractivity contribution in [3.63, 3.8) is 0 Å². The molecule has 0 radical (unpaired) electrons. The molecule has 0 N–H and O–H groups in total. The zero-order chi connectivity index (χ0) is 11.2.